The van der Waals surface area contributed by atoms with E-state index in [1.165, 1.54) is 18.2 Å². The van der Waals surface area contributed by atoms with Gasteiger partial charge < -0.3 is 10.3 Å². The molecule has 0 unspecified atom stereocenters. The molecule has 2 fully saturated rings. The number of halogens is 3. The largest absolute Gasteiger partial charge is 0.352 e. The van der Waals surface area contributed by atoms with Crippen molar-refractivity contribution in [3.8, 4) is 11.3 Å². The second kappa shape index (κ2) is 8.04. The third kappa shape index (κ3) is 3.94. The number of carbonyl (C=O) groups is 1. The Morgan fingerprint density at radius 2 is 1.74 bits per heavy atom. The van der Waals surface area contributed by atoms with Crippen molar-refractivity contribution in [3.63, 3.8) is 0 Å². The molecule has 0 radical (unpaired) electrons. The van der Waals surface area contributed by atoms with Crippen molar-refractivity contribution >= 4 is 16.8 Å². The van der Waals surface area contributed by atoms with Crippen LogP contribution in [0.3, 0.4) is 0 Å². The third-order valence-electron chi connectivity index (χ3n) is 6.47. The van der Waals surface area contributed by atoms with E-state index in [2.05, 4.69) is 15.2 Å². The van der Waals surface area contributed by atoms with Crippen LogP contribution >= 0.6 is 0 Å². The van der Waals surface area contributed by atoms with Crippen LogP contribution in [0.4, 0.5) is 13.2 Å². The van der Waals surface area contributed by atoms with Crippen molar-refractivity contribution in [2.45, 2.75) is 37.6 Å². The highest BCUT2D eigenvalue weighted by atomic mass is 19.1. The molecule has 1 aliphatic heterocycles. The topological polar surface area (TPSA) is 48.1 Å². The lowest BCUT2D eigenvalue weighted by Gasteiger charge is -2.37. The molecule has 3 aromatic rings. The fourth-order valence-electron chi connectivity index (χ4n) is 4.90. The van der Waals surface area contributed by atoms with E-state index in [0.717, 1.165) is 37.6 Å². The van der Waals surface area contributed by atoms with Crippen LogP contribution in [0.1, 0.15) is 37.2 Å². The Kier molecular flexibility index (Phi) is 5.22. The highest BCUT2D eigenvalue weighted by Gasteiger charge is 2.35. The number of hydrogen-bond acceptors (Lipinski definition) is 2. The fraction of sp³-hybridized carbons (Fsp3) is 0.375. The first-order valence-corrected chi connectivity index (χ1v) is 10.8. The normalized spacial score (nSPS) is 21.4. The minimum absolute atomic E-state index is 0.0279. The van der Waals surface area contributed by atoms with Crippen LogP contribution in [0.25, 0.3) is 22.2 Å². The average Bonchev–Trinajstić information content (AvgIpc) is 3.33. The third-order valence-corrected chi connectivity index (χ3v) is 6.47. The predicted molar refractivity (Wildman–Crippen MR) is 113 cm³/mol. The molecule has 2 heterocycles. The molecule has 5 rings (SSSR count). The Balaban J connectivity index is 1.39. The SMILES string of the molecule is O=C(CN1CCCC1)N[C@H]1C[C@H](c2c(-c3ccc(F)cc3)[nH]c3c(F)cc(F)cc32)C1. The minimum Gasteiger partial charge on any atom is -0.352 e. The maximum Gasteiger partial charge on any atom is 0.234 e. The molecule has 0 spiro atoms. The first-order chi connectivity index (χ1) is 15.0. The number of nitrogens with one attached hydrogen (secondary N) is 2. The molecule has 4 nitrogen and oxygen atoms in total. The standard InChI is InChI=1S/C24H24F3N3O/c25-16-5-3-14(4-6-16)23-22(19-11-17(26)12-20(27)24(19)29-23)15-9-18(10-15)28-21(31)13-30-7-1-2-8-30/h3-6,11-12,15,18,29H,1-2,7-10,13H2,(H,28,31)/t15-,18-. The monoisotopic (exact) mass is 427 g/mol. The lowest BCUT2D eigenvalue weighted by molar-refractivity contribution is -0.123. The average molecular weight is 427 g/mol. The maximum atomic E-state index is 14.5. The van der Waals surface area contributed by atoms with Crippen molar-refractivity contribution in [2.75, 3.05) is 19.6 Å². The van der Waals surface area contributed by atoms with Crippen molar-refractivity contribution in [1.29, 1.82) is 0 Å². The lowest BCUT2D eigenvalue weighted by atomic mass is 9.74. The van der Waals surface area contributed by atoms with Gasteiger partial charge in [0, 0.05) is 17.5 Å². The van der Waals surface area contributed by atoms with Gasteiger partial charge in [0.1, 0.15) is 17.5 Å². The number of carbonyl (C=O) groups excluding carboxylic acids is 1. The van der Waals surface area contributed by atoms with Gasteiger partial charge in [0.05, 0.1) is 17.8 Å². The summed E-state index contributed by atoms with van der Waals surface area (Å²) in [5, 5.41) is 3.59. The van der Waals surface area contributed by atoms with Crippen LogP contribution in [-0.2, 0) is 4.79 Å². The van der Waals surface area contributed by atoms with Gasteiger partial charge in [0.15, 0.2) is 0 Å². The van der Waals surface area contributed by atoms with Crippen LogP contribution in [0.2, 0.25) is 0 Å². The first-order valence-electron chi connectivity index (χ1n) is 10.8. The van der Waals surface area contributed by atoms with E-state index in [1.54, 1.807) is 12.1 Å². The molecule has 1 amide bonds. The Bertz CT molecular complexity index is 1110. The smallest absolute Gasteiger partial charge is 0.234 e. The van der Waals surface area contributed by atoms with Crippen LogP contribution in [0, 0.1) is 17.5 Å². The van der Waals surface area contributed by atoms with Crippen LogP contribution in [-0.4, -0.2) is 41.5 Å². The summed E-state index contributed by atoms with van der Waals surface area (Å²) in [6, 6.07) is 8.21. The number of benzene rings is 2. The van der Waals surface area contributed by atoms with Crippen molar-refractivity contribution in [3.05, 3.63) is 59.4 Å². The molecule has 0 atom stereocenters. The van der Waals surface area contributed by atoms with E-state index in [1.807, 2.05) is 0 Å². The van der Waals surface area contributed by atoms with Crippen LogP contribution < -0.4 is 5.32 Å². The van der Waals surface area contributed by atoms with Crippen LogP contribution in [0.15, 0.2) is 36.4 Å². The van der Waals surface area contributed by atoms with Gasteiger partial charge in [-0.3, -0.25) is 9.69 Å². The van der Waals surface area contributed by atoms with E-state index < -0.39 is 11.6 Å². The van der Waals surface area contributed by atoms with Crippen molar-refractivity contribution < 1.29 is 18.0 Å². The molecule has 1 saturated carbocycles. The molecule has 31 heavy (non-hydrogen) atoms. The number of aromatic nitrogens is 1. The van der Waals surface area contributed by atoms with E-state index in [9.17, 15) is 18.0 Å². The number of aromatic amines is 1. The van der Waals surface area contributed by atoms with E-state index in [0.29, 0.717) is 36.0 Å². The molecule has 7 heteroatoms. The lowest BCUT2D eigenvalue weighted by Crippen LogP contribution is -2.46. The molecule has 2 aromatic carbocycles. The fourth-order valence-corrected chi connectivity index (χ4v) is 4.90. The predicted octanol–water partition coefficient (Wildman–Crippen LogP) is 4.71. The van der Waals surface area contributed by atoms with E-state index >= 15 is 0 Å². The van der Waals surface area contributed by atoms with Crippen molar-refractivity contribution in [1.82, 2.24) is 15.2 Å². The number of H-pyrrole nitrogens is 1. The minimum atomic E-state index is -0.653. The quantitative estimate of drug-likeness (QED) is 0.620. The maximum absolute atomic E-state index is 14.5. The van der Waals surface area contributed by atoms with Gasteiger partial charge in [-0.2, -0.15) is 0 Å². The summed E-state index contributed by atoms with van der Waals surface area (Å²) >= 11 is 0. The number of fused-ring (bicyclic) bond motifs is 1. The zero-order valence-corrected chi connectivity index (χ0v) is 17.1. The molecule has 1 aliphatic carbocycles. The van der Waals surface area contributed by atoms with E-state index in [-0.39, 0.29) is 29.2 Å². The summed E-state index contributed by atoms with van der Waals surface area (Å²) in [6.07, 6.45) is 3.67. The van der Waals surface area contributed by atoms with Gasteiger partial charge in [0.2, 0.25) is 5.91 Å². The second-order valence-corrected chi connectivity index (χ2v) is 8.65. The summed E-state index contributed by atoms with van der Waals surface area (Å²) in [5.74, 6) is -1.57. The first kappa shape index (κ1) is 20.1. The number of hydrogen-bond donors (Lipinski definition) is 2. The molecular weight excluding hydrogens is 403 g/mol. The zero-order valence-electron chi connectivity index (χ0n) is 17.1. The molecule has 0 bridgehead atoms. The highest BCUT2D eigenvalue weighted by molar-refractivity contribution is 5.92. The molecule has 2 N–H and O–H groups in total. The summed E-state index contributed by atoms with van der Waals surface area (Å²) in [6.45, 7) is 2.36. The highest BCUT2D eigenvalue weighted by Crippen LogP contribution is 2.45. The summed E-state index contributed by atoms with van der Waals surface area (Å²) in [4.78, 5) is 17.6. The number of likely N-dealkylation sites (tertiary alicyclic amines) is 1. The number of nitrogens with zero attached hydrogens (tertiary/aromatic N) is 1. The van der Waals surface area contributed by atoms with Gasteiger partial charge >= 0.3 is 0 Å². The van der Waals surface area contributed by atoms with Gasteiger partial charge in [-0.25, -0.2) is 13.2 Å². The molecule has 162 valence electrons. The summed E-state index contributed by atoms with van der Waals surface area (Å²) in [5.41, 5.74) is 2.46. The van der Waals surface area contributed by atoms with Crippen molar-refractivity contribution in [2.24, 2.45) is 0 Å². The zero-order chi connectivity index (χ0) is 21.5. The van der Waals surface area contributed by atoms with Crippen LogP contribution in [0.5, 0.6) is 0 Å². The van der Waals surface area contributed by atoms with Gasteiger partial charge in [-0.15, -0.1) is 0 Å². The summed E-state index contributed by atoms with van der Waals surface area (Å²) < 4.78 is 41.9. The molecule has 1 aromatic heterocycles. The Morgan fingerprint density at radius 3 is 2.45 bits per heavy atom. The van der Waals surface area contributed by atoms with Gasteiger partial charge in [-0.05, 0) is 86.1 Å². The Morgan fingerprint density at radius 1 is 1.03 bits per heavy atom. The summed E-state index contributed by atoms with van der Waals surface area (Å²) in [7, 11) is 0. The number of rotatable bonds is 5. The Hall–Kier alpha value is -2.80. The molecule has 1 saturated heterocycles. The van der Waals surface area contributed by atoms with Gasteiger partial charge in [0.25, 0.3) is 0 Å². The molecule has 2 aliphatic rings. The Labute approximate surface area is 178 Å². The van der Waals surface area contributed by atoms with Gasteiger partial charge in [-0.1, -0.05) is 0 Å². The molecular formula is C24H24F3N3O. The number of amides is 1. The van der Waals surface area contributed by atoms with E-state index in [4.69, 9.17) is 0 Å². The second-order valence-electron chi connectivity index (χ2n) is 8.65.